The first-order chi connectivity index (χ1) is 29.8. The molecule has 7 N–H and O–H groups in total. The lowest BCUT2D eigenvalue weighted by Crippen LogP contribution is -2.46. The number of methoxy groups -OCH3 is 1. The van der Waals surface area contributed by atoms with Crippen molar-refractivity contribution in [3.05, 3.63) is 42.5 Å². The summed E-state index contributed by atoms with van der Waals surface area (Å²) in [5.74, 6) is -1.93. The van der Waals surface area contributed by atoms with Gasteiger partial charge in [-0.2, -0.15) is 0 Å². The van der Waals surface area contributed by atoms with Gasteiger partial charge in [0.1, 0.15) is 36.3 Å². The predicted molar refractivity (Wildman–Crippen MR) is 212 cm³/mol. The molecule has 354 valence electrons. The van der Waals surface area contributed by atoms with Gasteiger partial charge < -0.3 is 78.9 Å². The molecule has 4 rings (SSSR count). The average molecular weight is 982 g/mol. The van der Waals surface area contributed by atoms with E-state index in [4.69, 9.17) is 15.2 Å². The second-order valence-corrected chi connectivity index (χ2v) is 19.3. The minimum Gasteiger partial charge on any atom is -0.790 e. The van der Waals surface area contributed by atoms with E-state index in [9.17, 15) is 67.8 Å². The highest BCUT2D eigenvalue weighted by molar-refractivity contribution is 8.13. The zero-order valence-corrected chi connectivity index (χ0v) is 37.3. The van der Waals surface area contributed by atoms with Crippen LogP contribution < -0.4 is 40.7 Å². The number of anilines is 1. The van der Waals surface area contributed by atoms with E-state index in [0.29, 0.717) is 5.56 Å². The lowest BCUT2D eigenvalue weighted by molar-refractivity contribution is -0.347. The van der Waals surface area contributed by atoms with Crippen molar-refractivity contribution in [1.82, 2.24) is 30.2 Å². The summed E-state index contributed by atoms with van der Waals surface area (Å²) >= 11 is 0.809. The maximum absolute atomic E-state index is 12.6. The smallest absolute Gasteiger partial charge is 0.274 e. The summed E-state index contributed by atoms with van der Waals surface area (Å²) in [7, 11) is -16.3. The number of phosphoric acid groups is 3. The molecule has 0 aliphatic carbocycles. The molecule has 2 amide bonds. The summed E-state index contributed by atoms with van der Waals surface area (Å²) in [6.45, 7) is -0.259. The van der Waals surface area contributed by atoms with Crippen LogP contribution in [-0.2, 0) is 55.5 Å². The predicted octanol–water partition coefficient (Wildman–Crippen LogP) is -2.48. The first kappa shape index (κ1) is 52.4. The molecule has 3 unspecified atom stereocenters. The number of aromatic hydroxyl groups is 1. The van der Waals surface area contributed by atoms with Crippen molar-refractivity contribution in [2.75, 3.05) is 44.9 Å². The molecule has 0 bridgehead atoms. The monoisotopic (exact) mass is 981 g/mol. The van der Waals surface area contributed by atoms with Gasteiger partial charge in [0.2, 0.25) is 11.8 Å². The topological polar surface area (TPSA) is 421 Å². The van der Waals surface area contributed by atoms with Crippen molar-refractivity contribution in [2.45, 2.75) is 57.3 Å². The number of ketones is 1. The Bertz CT molecular complexity index is 2350. The molecule has 1 saturated heterocycles. The summed E-state index contributed by atoms with van der Waals surface area (Å²) in [5.41, 5.74) is 4.55. The van der Waals surface area contributed by atoms with Crippen molar-refractivity contribution in [3.63, 3.8) is 0 Å². The Kier molecular flexibility index (Phi) is 18.3. The first-order valence-electron chi connectivity index (χ1n) is 18.4. The number of amides is 2. The minimum absolute atomic E-state index is 0.0292. The third-order valence-corrected chi connectivity index (χ3v) is 12.6. The van der Waals surface area contributed by atoms with Crippen molar-refractivity contribution in [2.24, 2.45) is 5.41 Å². The van der Waals surface area contributed by atoms with Crippen LogP contribution in [0.2, 0.25) is 0 Å². The molecule has 1 aliphatic heterocycles. The highest BCUT2D eigenvalue weighted by Crippen LogP contribution is 2.56. The standard InChI is InChI=1S/C33H46N7O20P3S/c1-33(2,28(46)31(47)36-9-8-23(43)35-10-11-64-24(44)13-19(41)6-4-18-5-7-20(42)21(12-18)55-3)15-57-63(53,54)60-62(51,52)56-14-22-27(59-61(48,49)50)26(45)32(58-22)40-17-39-25-29(34)37-16-38-30(25)40/h4-7,12,16-17,22,26-28,32,42,45-46H,8-11,13-15H2,1-3H3,(H,35,43)(H,36,47)(H,51,52)(H,53,54)(H2,34,37,38)(H2,48,49,50)/p-4/b6-4+/t22-,26-,27-,28?,32-/m1/s1. The van der Waals surface area contributed by atoms with E-state index < -0.39 is 102 Å². The van der Waals surface area contributed by atoms with E-state index in [1.807, 2.05) is 0 Å². The molecule has 0 spiro atoms. The number of hydrogen-bond acceptors (Lipinski definition) is 25. The van der Waals surface area contributed by atoms with Crippen molar-refractivity contribution in [3.8, 4) is 11.5 Å². The number of carbonyl (C=O) groups is 4. The van der Waals surface area contributed by atoms with Gasteiger partial charge >= 0.3 is 0 Å². The Labute approximate surface area is 367 Å². The van der Waals surface area contributed by atoms with Gasteiger partial charge in [-0.25, -0.2) is 19.3 Å². The Hall–Kier alpha value is -4.21. The number of aliphatic hydroxyl groups is 2. The lowest BCUT2D eigenvalue weighted by Gasteiger charge is -2.36. The van der Waals surface area contributed by atoms with Crippen molar-refractivity contribution >= 4 is 81.0 Å². The van der Waals surface area contributed by atoms with E-state index >= 15 is 0 Å². The van der Waals surface area contributed by atoms with Crippen LogP contribution in [0.1, 0.15) is 38.5 Å². The number of ether oxygens (including phenoxy) is 2. The van der Waals surface area contributed by atoms with Crippen LogP contribution in [0, 0.1) is 5.41 Å². The maximum atomic E-state index is 12.6. The highest BCUT2D eigenvalue weighted by atomic mass is 32.2. The number of phenols is 1. The van der Waals surface area contributed by atoms with Crippen LogP contribution in [0.3, 0.4) is 0 Å². The number of phosphoric ester groups is 3. The fraction of sp³-hybridized carbons (Fsp3) is 0.485. The van der Waals surface area contributed by atoms with Crippen molar-refractivity contribution < 1.29 is 95.1 Å². The summed E-state index contributed by atoms with van der Waals surface area (Å²) in [4.78, 5) is 109. The van der Waals surface area contributed by atoms with Crippen LogP contribution in [-0.4, -0.2) is 121 Å². The Morgan fingerprint density at radius 3 is 2.45 bits per heavy atom. The number of aliphatic hydroxyl groups excluding tert-OH is 2. The van der Waals surface area contributed by atoms with Gasteiger partial charge in [-0.05, 0) is 23.8 Å². The van der Waals surface area contributed by atoms with Gasteiger partial charge in [0.05, 0.1) is 40.9 Å². The molecule has 1 fully saturated rings. The fourth-order valence-electron chi connectivity index (χ4n) is 5.51. The number of nitrogen functional groups attached to an aromatic ring is 1. The van der Waals surface area contributed by atoms with Crippen LogP contribution in [0.15, 0.2) is 36.9 Å². The fourth-order valence-corrected chi connectivity index (χ4v) is 8.92. The van der Waals surface area contributed by atoms with Crippen LogP contribution in [0.5, 0.6) is 11.5 Å². The van der Waals surface area contributed by atoms with E-state index in [0.717, 1.165) is 29.0 Å². The molecule has 3 aromatic rings. The van der Waals surface area contributed by atoms with E-state index in [2.05, 4.69) is 43.5 Å². The Balaban J connectivity index is 1.17. The normalized spacial score (nSPS) is 20.4. The molecule has 64 heavy (non-hydrogen) atoms. The molecule has 1 aromatic carbocycles. The number of fused-ring (bicyclic) bond motifs is 1. The lowest BCUT2D eigenvalue weighted by atomic mass is 9.87. The molecular weight excluding hydrogens is 939 g/mol. The summed E-state index contributed by atoms with van der Waals surface area (Å²) < 4.78 is 65.6. The molecule has 31 heteroatoms. The average Bonchev–Trinajstić information content (AvgIpc) is 3.77. The van der Waals surface area contributed by atoms with Crippen LogP contribution in [0.25, 0.3) is 17.2 Å². The van der Waals surface area contributed by atoms with Gasteiger partial charge in [-0.1, -0.05) is 37.8 Å². The van der Waals surface area contributed by atoms with Gasteiger partial charge in [0.25, 0.3) is 15.6 Å². The van der Waals surface area contributed by atoms with Crippen LogP contribution >= 0.6 is 35.2 Å². The molecule has 7 atom stereocenters. The van der Waals surface area contributed by atoms with Gasteiger partial charge in [-0.15, -0.1) is 0 Å². The zero-order valence-electron chi connectivity index (χ0n) is 33.8. The van der Waals surface area contributed by atoms with E-state index in [1.165, 1.54) is 45.2 Å². The molecular formula is C33H42N7O20P3S-4. The largest absolute Gasteiger partial charge is 0.790 e. The van der Waals surface area contributed by atoms with Crippen LogP contribution in [0.4, 0.5) is 5.82 Å². The van der Waals surface area contributed by atoms with Crippen molar-refractivity contribution in [1.29, 1.82) is 0 Å². The Morgan fingerprint density at radius 2 is 1.77 bits per heavy atom. The molecule has 3 heterocycles. The zero-order chi connectivity index (χ0) is 47.6. The van der Waals surface area contributed by atoms with E-state index in [1.54, 1.807) is 6.07 Å². The molecule has 0 radical (unpaired) electrons. The number of nitrogens with two attached hydrogens (primary N) is 1. The number of nitrogens with one attached hydrogen (secondary N) is 2. The third-order valence-electron chi connectivity index (χ3n) is 8.72. The third kappa shape index (κ3) is 15.5. The SMILES string of the molecule is COc1cc(/C=C/C(=O)CC(=O)SCCNC(=O)CCNC(=O)C(O)C(C)(C)COP(=O)([O-])OP(=O)([O-])OC[C@H]2O[C@@H](n3cnc4c(N)ncnc43)[C@H](O)[C@@H]2OP(=O)([O-])[O-])ccc1O. The molecule has 27 nitrogen and oxygen atoms in total. The number of allylic oxidation sites excluding steroid dienone is 1. The summed E-state index contributed by atoms with van der Waals surface area (Å²) in [5, 5.41) is 35.4. The van der Waals surface area contributed by atoms with Gasteiger partial charge in [0, 0.05) is 30.7 Å². The number of carbonyl (C=O) groups excluding carboxylic acids is 4. The first-order valence-corrected chi connectivity index (χ1v) is 23.7. The molecule has 1 aliphatic rings. The number of imidazole rings is 1. The maximum Gasteiger partial charge on any atom is 0.274 e. The molecule has 2 aromatic heterocycles. The summed E-state index contributed by atoms with van der Waals surface area (Å²) in [6.07, 6.45) is -5.57. The Morgan fingerprint density at radius 1 is 1.06 bits per heavy atom. The second-order valence-electron chi connectivity index (χ2n) is 14.1. The number of hydrogen-bond donors (Lipinski definition) is 6. The van der Waals surface area contributed by atoms with Gasteiger partial charge in [-0.3, -0.25) is 32.9 Å². The highest BCUT2D eigenvalue weighted by Gasteiger charge is 2.47. The molecule has 0 saturated carbocycles. The number of aromatic nitrogens is 4. The number of nitrogens with zero attached hydrogens (tertiary/aromatic N) is 4. The minimum atomic E-state index is -5.95. The van der Waals surface area contributed by atoms with Gasteiger partial charge in [0.15, 0.2) is 40.1 Å². The quantitative estimate of drug-likeness (QED) is 0.0234. The number of rotatable bonds is 24. The summed E-state index contributed by atoms with van der Waals surface area (Å²) in [6, 6.07) is 4.43. The number of thioether (sulfide) groups is 1. The second kappa shape index (κ2) is 22.3. The number of phenolic OH excluding ortho intramolecular Hbond substituents is 1. The van der Waals surface area contributed by atoms with E-state index in [-0.39, 0.29) is 53.7 Å². The number of benzene rings is 1.